The number of hydrogen-bond donors (Lipinski definition) is 2. The van der Waals surface area contributed by atoms with Crippen molar-refractivity contribution in [1.82, 2.24) is 20.4 Å². The highest BCUT2D eigenvalue weighted by atomic mass is 32.2. The van der Waals surface area contributed by atoms with Crippen molar-refractivity contribution in [1.29, 1.82) is 0 Å². The quantitative estimate of drug-likeness (QED) is 0.555. The fourth-order valence-electron chi connectivity index (χ4n) is 4.91. The number of benzene rings is 1. The van der Waals surface area contributed by atoms with E-state index < -0.39 is 6.04 Å². The Morgan fingerprint density at radius 2 is 1.85 bits per heavy atom. The first-order valence-corrected chi connectivity index (χ1v) is 14.7. The highest BCUT2D eigenvalue weighted by Crippen LogP contribution is 2.27. The van der Waals surface area contributed by atoms with Gasteiger partial charge in [-0.2, -0.15) is 11.8 Å². The van der Waals surface area contributed by atoms with Crippen LogP contribution in [0.15, 0.2) is 30.3 Å². The lowest BCUT2D eigenvalue weighted by atomic mass is 9.91. The third kappa shape index (κ3) is 7.64. The summed E-state index contributed by atoms with van der Waals surface area (Å²) < 4.78 is 0. The van der Waals surface area contributed by atoms with Crippen molar-refractivity contribution in [2.45, 2.75) is 50.7 Å². The predicted molar refractivity (Wildman–Crippen MR) is 138 cm³/mol. The molecule has 2 aliphatic heterocycles. The number of nitrogens with one attached hydrogen (secondary N) is 2. The second-order valence-corrected chi connectivity index (χ2v) is 11.6. The number of carbonyl (C=O) groups excluding carboxylic acids is 2. The summed E-state index contributed by atoms with van der Waals surface area (Å²) in [4.78, 5) is 30.6. The predicted octanol–water partition coefficient (Wildman–Crippen LogP) is 2.79. The average molecular weight is 491 g/mol. The molecule has 0 aromatic heterocycles. The fraction of sp³-hybridized carbons (Fsp3) is 0.680. The van der Waals surface area contributed by atoms with Crippen LogP contribution in [0.25, 0.3) is 0 Å². The molecule has 2 N–H and O–H groups in total. The van der Waals surface area contributed by atoms with Crippen LogP contribution in [0.1, 0.15) is 37.7 Å². The molecular formula is C25H38N4O2S2. The molecule has 2 atom stereocenters. The van der Waals surface area contributed by atoms with Crippen molar-refractivity contribution in [2.24, 2.45) is 5.92 Å². The molecule has 1 aromatic carbocycles. The van der Waals surface area contributed by atoms with E-state index in [0.29, 0.717) is 5.75 Å². The van der Waals surface area contributed by atoms with Crippen LogP contribution in [0, 0.1) is 5.92 Å². The molecule has 0 spiro atoms. The Bertz CT molecular complexity index is 746. The molecule has 4 rings (SSSR count). The highest BCUT2D eigenvalue weighted by molar-refractivity contribution is 7.99. The van der Waals surface area contributed by atoms with E-state index in [1.54, 1.807) is 11.8 Å². The molecule has 6 nitrogen and oxygen atoms in total. The summed E-state index contributed by atoms with van der Waals surface area (Å²) in [7, 11) is 0. The van der Waals surface area contributed by atoms with E-state index in [4.69, 9.17) is 0 Å². The van der Waals surface area contributed by atoms with Crippen LogP contribution < -0.4 is 10.6 Å². The van der Waals surface area contributed by atoms with Gasteiger partial charge in [0, 0.05) is 50.1 Å². The Morgan fingerprint density at radius 1 is 1.09 bits per heavy atom. The van der Waals surface area contributed by atoms with Crippen molar-refractivity contribution in [3.05, 3.63) is 35.9 Å². The molecule has 1 saturated carbocycles. The summed E-state index contributed by atoms with van der Waals surface area (Å²) in [6, 6.07) is 9.89. The molecule has 2 amide bonds. The van der Waals surface area contributed by atoms with Gasteiger partial charge in [-0.15, -0.1) is 11.8 Å². The van der Waals surface area contributed by atoms with Crippen LogP contribution >= 0.6 is 23.5 Å². The van der Waals surface area contributed by atoms with Gasteiger partial charge in [-0.3, -0.25) is 19.8 Å². The number of rotatable bonds is 9. The molecule has 8 heteroatoms. The monoisotopic (exact) mass is 490 g/mol. The van der Waals surface area contributed by atoms with Crippen molar-refractivity contribution in [2.75, 3.05) is 49.3 Å². The number of piperazine rings is 1. The minimum atomic E-state index is -0.431. The van der Waals surface area contributed by atoms with Crippen LogP contribution in [-0.4, -0.2) is 83.0 Å². The number of thioether (sulfide) groups is 2. The molecule has 1 aliphatic carbocycles. The topological polar surface area (TPSA) is 64.7 Å². The van der Waals surface area contributed by atoms with Crippen molar-refractivity contribution in [3.63, 3.8) is 0 Å². The molecule has 0 radical (unpaired) electrons. The van der Waals surface area contributed by atoms with Gasteiger partial charge in [0.25, 0.3) is 0 Å². The average Bonchev–Trinajstić information content (AvgIpc) is 3.40. The first-order chi connectivity index (χ1) is 16.2. The van der Waals surface area contributed by atoms with Gasteiger partial charge in [-0.05, 0) is 30.1 Å². The fourth-order valence-corrected chi connectivity index (χ4v) is 7.11. The van der Waals surface area contributed by atoms with Crippen LogP contribution in [0.3, 0.4) is 0 Å². The number of amides is 2. The second kappa shape index (κ2) is 13.0. The zero-order valence-electron chi connectivity index (χ0n) is 19.5. The zero-order valence-corrected chi connectivity index (χ0v) is 21.2. The lowest BCUT2D eigenvalue weighted by Gasteiger charge is -2.36. The van der Waals surface area contributed by atoms with Gasteiger partial charge >= 0.3 is 0 Å². The molecular weight excluding hydrogens is 452 g/mol. The SMILES string of the molecule is O=C(NC(CSCC1CCCCC1)C(=O)N1CCN(Cc2ccccc2)CC1)C1CSCN1. The second-order valence-electron chi connectivity index (χ2n) is 9.46. The van der Waals surface area contributed by atoms with E-state index in [9.17, 15) is 9.59 Å². The molecule has 33 heavy (non-hydrogen) atoms. The first-order valence-electron chi connectivity index (χ1n) is 12.4. The van der Waals surface area contributed by atoms with E-state index in [-0.39, 0.29) is 17.9 Å². The molecule has 0 bridgehead atoms. The Hall–Kier alpha value is -1.22. The van der Waals surface area contributed by atoms with Crippen molar-refractivity contribution >= 4 is 35.3 Å². The summed E-state index contributed by atoms with van der Waals surface area (Å²) in [6.07, 6.45) is 6.65. The summed E-state index contributed by atoms with van der Waals surface area (Å²) in [5, 5.41) is 6.33. The Morgan fingerprint density at radius 3 is 2.55 bits per heavy atom. The van der Waals surface area contributed by atoms with Gasteiger partial charge in [0.15, 0.2) is 0 Å². The van der Waals surface area contributed by atoms with Crippen LogP contribution in [0.4, 0.5) is 0 Å². The van der Waals surface area contributed by atoms with Gasteiger partial charge < -0.3 is 10.2 Å². The molecule has 3 fully saturated rings. The summed E-state index contributed by atoms with van der Waals surface area (Å²) in [5.41, 5.74) is 1.31. The van der Waals surface area contributed by atoms with Crippen molar-refractivity contribution < 1.29 is 9.59 Å². The van der Waals surface area contributed by atoms with Gasteiger partial charge in [-0.1, -0.05) is 49.6 Å². The van der Waals surface area contributed by atoms with Crippen molar-refractivity contribution in [3.8, 4) is 0 Å². The molecule has 2 unspecified atom stereocenters. The molecule has 1 aromatic rings. The normalized spacial score (nSPS) is 23.4. The maximum Gasteiger partial charge on any atom is 0.246 e. The third-order valence-corrected chi connectivity index (χ3v) is 9.16. The van der Waals surface area contributed by atoms with E-state index in [0.717, 1.165) is 56.0 Å². The summed E-state index contributed by atoms with van der Waals surface area (Å²) in [6.45, 7) is 4.12. The summed E-state index contributed by atoms with van der Waals surface area (Å²) in [5.74, 6) is 4.18. The Kier molecular flexibility index (Phi) is 9.82. The van der Waals surface area contributed by atoms with Gasteiger partial charge in [0.2, 0.25) is 11.8 Å². The van der Waals surface area contributed by atoms with Gasteiger partial charge in [0.1, 0.15) is 6.04 Å². The largest absolute Gasteiger partial charge is 0.342 e. The van der Waals surface area contributed by atoms with Crippen LogP contribution in [0.5, 0.6) is 0 Å². The highest BCUT2D eigenvalue weighted by Gasteiger charge is 2.32. The minimum absolute atomic E-state index is 0.0284. The molecule has 2 saturated heterocycles. The van der Waals surface area contributed by atoms with E-state index in [1.807, 2.05) is 22.7 Å². The van der Waals surface area contributed by atoms with Crippen LogP contribution in [0.2, 0.25) is 0 Å². The standard InChI is InChI=1S/C25H38N4O2S2/c30-24(22-17-33-19-26-22)27-23(18-32-16-21-9-5-2-6-10-21)25(31)29-13-11-28(12-14-29)15-20-7-3-1-4-8-20/h1,3-4,7-8,21-23,26H,2,5-6,9-19H2,(H,27,30). The number of carbonyl (C=O) groups is 2. The maximum atomic E-state index is 13.4. The molecule has 182 valence electrons. The lowest BCUT2D eigenvalue weighted by Crippen LogP contribution is -2.57. The van der Waals surface area contributed by atoms with Gasteiger partial charge in [-0.25, -0.2) is 0 Å². The molecule has 3 aliphatic rings. The van der Waals surface area contributed by atoms with E-state index in [2.05, 4.69) is 39.8 Å². The Labute approximate surface area is 207 Å². The van der Waals surface area contributed by atoms with E-state index in [1.165, 1.54) is 37.7 Å². The third-order valence-electron chi connectivity index (χ3n) is 6.94. The minimum Gasteiger partial charge on any atom is -0.342 e. The number of hydrogen-bond acceptors (Lipinski definition) is 6. The first kappa shape index (κ1) is 24.9. The van der Waals surface area contributed by atoms with Gasteiger partial charge in [0.05, 0.1) is 6.04 Å². The maximum absolute atomic E-state index is 13.4. The van der Waals surface area contributed by atoms with Crippen LogP contribution in [-0.2, 0) is 16.1 Å². The Balaban J connectivity index is 1.29. The zero-order chi connectivity index (χ0) is 22.9. The summed E-state index contributed by atoms with van der Waals surface area (Å²) >= 11 is 3.58. The lowest BCUT2D eigenvalue weighted by molar-refractivity contribution is -0.137. The van der Waals surface area contributed by atoms with E-state index >= 15 is 0 Å². The smallest absolute Gasteiger partial charge is 0.246 e. The molecule has 2 heterocycles. The number of nitrogens with zero attached hydrogens (tertiary/aromatic N) is 2.